The Hall–Kier alpha value is -1.96. The van der Waals surface area contributed by atoms with Crippen LogP contribution in [-0.2, 0) is 7.05 Å². The fourth-order valence-electron chi connectivity index (χ4n) is 1.95. The molecule has 19 heavy (non-hydrogen) atoms. The molecule has 0 aliphatic rings. The van der Waals surface area contributed by atoms with Gasteiger partial charge in [0, 0.05) is 12.7 Å². The van der Waals surface area contributed by atoms with Crippen LogP contribution >= 0.6 is 0 Å². The lowest BCUT2D eigenvalue weighted by Crippen LogP contribution is -2.33. The van der Waals surface area contributed by atoms with Gasteiger partial charge in [-0.2, -0.15) is 0 Å². The number of hydrogen-bond donors (Lipinski definition) is 1. The van der Waals surface area contributed by atoms with Gasteiger partial charge < -0.3 is 5.32 Å². The molecule has 0 aromatic carbocycles. The van der Waals surface area contributed by atoms with Crippen LogP contribution in [0.4, 0.5) is 0 Å². The highest BCUT2D eigenvalue weighted by Crippen LogP contribution is 2.16. The van der Waals surface area contributed by atoms with E-state index >= 15 is 0 Å². The molecule has 1 rings (SSSR count). The second-order valence-corrected chi connectivity index (χ2v) is 5.01. The van der Waals surface area contributed by atoms with Crippen molar-refractivity contribution in [1.82, 2.24) is 14.7 Å². The summed E-state index contributed by atoms with van der Waals surface area (Å²) in [6.45, 7) is 7.92. The van der Waals surface area contributed by atoms with Gasteiger partial charge in [-0.25, -0.2) is 4.68 Å². The van der Waals surface area contributed by atoms with E-state index in [1.165, 1.54) is 0 Å². The lowest BCUT2D eigenvalue weighted by molar-refractivity contribution is 0.0956. The standard InChI is InChI=1S/C14H21N3O2/c1-7-8-15-13(18)12-11(5)16(6)17(14(12)19)10(4)9(2)3/h1,9-10H,8H2,2-6H3,(H,15,18). The van der Waals surface area contributed by atoms with Crippen molar-refractivity contribution < 1.29 is 4.79 Å². The van der Waals surface area contributed by atoms with Crippen LogP contribution in [0.5, 0.6) is 0 Å². The first-order valence-corrected chi connectivity index (χ1v) is 6.32. The normalized spacial score (nSPS) is 12.3. The number of rotatable bonds is 4. The second-order valence-electron chi connectivity index (χ2n) is 5.01. The molecular weight excluding hydrogens is 242 g/mol. The average molecular weight is 263 g/mol. The highest BCUT2D eigenvalue weighted by molar-refractivity contribution is 5.95. The van der Waals surface area contributed by atoms with Crippen LogP contribution in [0.15, 0.2) is 4.79 Å². The average Bonchev–Trinajstić information content (AvgIpc) is 2.57. The van der Waals surface area contributed by atoms with Gasteiger partial charge in [-0.05, 0) is 19.8 Å². The first-order chi connectivity index (χ1) is 8.82. The largest absolute Gasteiger partial charge is 0.341 e. The summed E-state index contributed by atoms with van der Waals surface area (Å²) in [5, 5.41) is 2.54. The Balaban J connectivity index is 3.31. The van der Waals surface area contributed by atoms with E-state index in [0.717, 1.165) is 0 Å². The van der Waals surface area contributed by atoms with Gasteiger partial charge in [-0.15, -0.1) is 6.42 Å². The Kier molecular flexibility index (Phi) is 4.60. The molecule has 1 aromatic rings. The topological polar surface area (TPSA) is 56.0 Å². The third-order valence-corrected chi connectivity index (χ3v) is 3.52. The van der Waals surface area contributed by atoms with Gasteiger partial charge in [-0.3, -0.25) is 14.3 Å². The molecule has 1 heterocycles. The summed E-state index contributed by atoms with van der Waals surface area (Å²) in [5.41, 5.74) is 0.549. The Morgan fingerprint density at radius 3 is 2.47 bits per heavy atom. The van der Waals surface area contributed by atoms with Crippen molar-refractivity contribution in [1.29, 1.82) is 0 Å². The van der Waals surface area contributed by atoms with E-state index in [-0.39, 0.29) is 23.7 Å². The summed E-state index contributed by atoms with van der Waals surface area (Å²) in [4.78, 5) is 24.4. The molecule has 5 heteroatoms. The van der Waals surface area contributed by atoms with Gasteiger partial charge in [0.2, 0.25) is 0 Å². The third kappa shape index (κ3) is 2.73. The monoisotopic (exact) mass is 263 g/mol. The number of hydrogen-bond acceptors (Lipinski definition) is 2. The van der Waals surface area contributed by atoms with Gasteiger partial charge in [0.05, 0.1) is 12.6 Å². The number of carbonyl (C=O) groups is 1. The summed E-state index contributed by atoms with van der Waals surface area (Å²) in [6, 6.07) is 0.0189. The Morgan fingerprint density at radius 1 is 1.42 bits per heavy atom. The highest BCUT2D eigenvalue weighted by atomic mass is 16.2. The van der Waals surface area contributed by atoms with Crippen molar-refractivity contribution >= 4 is 5.91 Å². The fourth-order valence-corrected chi connectivity index (χ4v) is 1.95. The summed E-state index contributed by atoms with van der Waals surface area (Å²) >= 11 is 0. The maximum Gasteiger partial charge on any atom is 0.280 e. The van der Waals surface area contributed by atoms with Crippen LogP contribution in [0.25, 0.3) is 0 Å². The quantitative estimate of drug-likeness (QED) is 0.826. The predicted octanol–water partition coefficient (Wildman–Crippen LogP) is 1.08. The van der Waals surface area contributed by atoms with Crippen LogP contribution < -0.4 is 10.9 Å². The zero-order valence-electron chi connectivity index (χ0n) is 12.2. The van der Waals surface area contributed by atoms with E-state index in [1.807, 2.05) is 20.8 Å². The van der Waals surface area contributed by atoms with Crippen LogP contribution in [0.2, 0.25) is 0 Å². The Bertz CT molecular complexity index is 573. The predicted molar refractivity (Wildman–Crippen MR) is 75.1 cm³/mol. The highest BCUT2D eigenvalue weighted by Gasteiger charge is 2.24. The zero-order valence-corrected chi connectivity index (χ0v) is 12.2. The molecule has 0 saturated carbocycles. The number of amides is 1. The van der Waals surface area contributed by atoms with Crippen LogP contribution in [0, 0.1) is 25.2 Å². The molecule has 1 aromatic heterocycles. The second kappa shape index (κ2) is 5.79. The van der Waals surface area contributed by atoms with Crippen LogP contribution in [0.1, 0.15) is 42.9 Å². The molecule has 104 valence electrons. The maximum absolute atomic E-state index is 12.4. The van der Waals surface area contributed by atoms with Crippen molar-refractivity contribution in [3.05, 3.63) is 21.6 Å². The molecule has 0 fully saturated rings. The van der Waals surface area contributed by atoms with E-state index in [4.69, 9.17) is 6.42 Å². The van der Waals surface area contributed by atoms with Gasteiger partial charge in [-0.1, -0.05) is 19.8 Å². The number of nitrogens with one attached hydrogen (secondary N) is 1. The van der Waals surface area contributed by atoms with Crippen LogP contribution in [-0.4, -0.2) is 21.8 Å². The molecule has 0 spiro atoms. The number of aromatic nitrogens is 2. The summed E-state index contributed by atoms with van der Waals surface area (Å²) in [6.07, 6.45) is 5.10. The van der Waals surface area contributed by atoms with Gasteiger partial charge in [0.15, 0.2) is 0 Å². The van der Waals surface area contributed by atoms with E-state index in [9.17, 15) is 9.59 Å². The fraction of sp³-hybridized carbons (Fsp3) is 0.571. The van der Waals surface area contributed by atoms with Gasteiger partial charge >= 0.3 is 0 Å². The van der Waals surface area contributed by atoms with Crippen LogP contribution in [0.3, 0.4) is 0 Å². The minimum absolute atomic E-state index is 0.0189. The first kappa shape index (κ1) is 15.1. The van der Waals surface area contributed by atoms with Crippen molar-refractivity contribution in [2.45, 2.75) is 33.7 Å². The first-order valence-electron chi connectivity index (χ1n) is 6.32. The minimum atomic E-state index is -0.411. The third-order valence-electron chi connectivity index (χ3n) is 3.52. The Morgan fingerprint density at radius 2 is 2.00 bits per heavy atom. The molecule has 0 bridgehead atoms. The number of nitrogens with zero attached hydrogens (tertiary/aromatic N) is 2. The molecule has 1 atom stereocenters. The van der Waals surface area contributed by atoms with Gasteiger partial charge in [0.1, 0.15) is 5.56 Å². The number of terminal acetylenes is 1. The van der Waals surface area contributed by atoms with Crippen molar-refractivity contribution in [2.24, 2.45) is 13.0 Å². The maximum atomic E-state index is 12.4. The molecule has 0 aliphatic carbocycles. The molecule has 0 aliphatic heterocycles. The molecule has 1 amide bonds. The van der Waals surface area contributed by atoms with Crippen molar-refractivity contribution in [2.75, 3.05) is 6.54 Å². The lowest BCUT2D eigenvalue weighted by atomic mass is 10.1. The summed E-state index contributed by atoms with van der Waals surface area (Å²) < 4.78 is 3.35. The zero-order chi connectivity index (χ0) is 14.7. The summed E-state index contributed by atoms with van der Waals surface area (Å²) in [7, 11) is 1.79. The van der Waals surface area contributed by atoms with E-state index in [1.54, 1.807) is 23.3 Å². The molecular formula is C14H21N3O2. The van der Waals surface area contributed by atoms with Crippen molar-refractivity contribution in [3.8, 4) is 12.3 Å². The van der Waals surface area contributed by atoms with Gasteiger partial charge in [0.25, 0.3) is 11.5 Å². The lowest BCUT2D eigenvalue weighted by Gasteiger charge is -2.19. The van der Waals surface area contributed by atoms with E-state index < -0.39 is 5.91 Å². The van der Waals surface area contributed by atoms with E-state index in [2.05, 4.69) is 11.2 Å². The molecule has 1 N–H and O–H groups in total. The molecule has 5 nitrogen and oxygen atoms in total. The van der Waals surface area contributed by atoms with Crippen molar-refractivity contribution in [3.63, 3.8) is 0 Å². The van der Waals surface area contributed by atoms with E-state index in [0.29, 0.717) is 11.6 Å². The minimum Gasteiger partial charge on any atom is -0.341 e. The number of carbonyl (C=O) groups excluding carboxylic acids is 1. The summed E-state index contributed by atoms with van der Waals surface area (Å²) in [5.74, 6) is 2.21. The smallest absolute Gasteiger partial charge is 0.280 e. The molecule has 0 radical (unpaired) electrons. The SMILES string of the molecule is C#CCNC(=O)c1c(C)n(C)n(C(C)C(C)C)c1=O. The Labute approximate surface area is 113 Å². The molecule has 0 saturated heterocycles. The molecule has 1 unspecified atom stereocenters.